The van der Waals surface area contributed by atoms with Crippen LogP contribution < -0.4 is 5.32 Å². The number of carbonyl (C=O) groups is 1. The lowest BCUT2D eigenvalue weighted by molar-refractivity contribution is -0.0624. The quantitative estimate of drug-likeness (QED) is 0.648. The number of hydrogen-bond donors (Lipinski definition) is 3. The maximum absolute atomic E-state index is 12.4. The maximum atomic E-state index is 12.4. The van der Waals surface area contributed by atoms with Crippen molar-refractivity contribution in [2.24, 2.45) is 0 Å². The van der Waals surface area contributed by atoms with E-state index < -0.39 is 23.4 Å². The Hall–Kier alpha value is -2.37. The number of fused-ring (bicyclic) bond motifs is 1. The highest BCUT2D eigenvalue weighted by Crippen LogP contribution is 2.25. The van der Waals surface area contributed by atoms with E-state index in [-0.39, 0.29) is 0 Å². The van der Waals surface area contributed by atoms with E-state index in [1.165, 1.54) is 6.08 Å². The summed E-state index contributed by atoms with van der Waals surface area (Å²) in [5, 5.41) is 25.0. The molecular formula is C21H27NO4. The molecule has 5 heteroatoms. The summed E-state index contributed by atoms with van der Waals surface area (Å²) in [5.74, 6) is 0. The fourth-order valence-electron chi connectivity index (χ4n) is 2.68. The van der Waals surface area contributed by atoms with E-state index in [0.29, 0.717) is 18.5 Å². The van der Waals surface area contributed by atoms with Gasteiger partial charge in [-0.3, -0.25) is 5.32 Å². The zero-order valence-corrected chi connectivity index (χ0v) is 15.5. The molecule has 2 aromatic rings. The van der Waals surface area contributed by atoms with Gasteiger partial charge in [0.15, 0.2) is 0 Å². The van der Waals surface area contributed by atoms with Gasteiger partial charge in [0.1, 0.15) is 6.10 Å². The molecule has 2 rings (SSSR count). The number of hydrogen-bond acceptors (Lipinski definition) is 4. The number of benzene rings is 2. The van der Waals surface area contributed by atoms with Crippen LogP contribution in [0.25, 0.3) is 10.8 Å². The molecule has 26 heavy (non-hydrogen) atoms. The van der Waals surface area contributed by atoms with E-state index in [9.17, 15) is 15.0 Å². The average molecular weight is 357 g/mol. The maximum Gasteiger partial charge on any atom is 0.412 e. The Morgan fingerprint density at radius 2 is 1.85 bits per heavy atom. The zero-order chi connectivity index (χ0) is 19.4. The first kappa shape index (κ1) is 19.9. The number of nitrogens with one attached hydrogen (secondary N) is 1. The molecule has 0 aliphatic carbocycles. The van der Waals surface area contributed by atoms with Crippen LogP contribution in [0.15, 0.2) is 55.1 Å². The van der Waals surface area contributed by atoms with E-state index in [0.717, 1.165) is 10.8 Å². The van der Waals surface area contributed by atoms with Crippen LogP contribution in [-0.4, -0.2) is 33.6 Å². The van der Waals surface area contributed by atoms with Crippen molar-refractivity contribution in [3.8, 4) is 0 Å². The molecule has 2 aromatic carbocycles. The van der Waals surface area contributed by atoms with Gasteiger partial charge in [0, 0.05) is 5.39 Å². The monoisotopic (exact) mass is 357 g/mol. The lowest BCUT2D eigenvalue weighted by Crippen LogP contribution is -2.41. The fourth-order valence-corrected chi connectivity index (χ4v) is 2.68. The second-order valence-electron chi connectivity index (χ2n) is 7.30. The van der Waals surface area contributed by atoms with Crippen molar-refractivity contribution in [2.75, 3.05) is 5.32 Å². The number of rotatable bonds is 7. The van der Waals surface area contributed by atoms with Crippen molar-refractivity contribution in [3.05, 3.63) is 55.1 Å². The normalized spacial score (nSPS) is 15.1. The fraction of sp³-hybridized carbons (Fsp3) is 0.381. The third-order valence-electron chi connectivity index (χ3n) is 4.42. The second kappa shape index (κ2) is 7.89. The Morgan fingerprint density at radius 3 is 2.50 bits per heavy atom. The molecule has 3 N–H and O–H groups in total. The first-order valence-corrected chi connectivity index (χ1v) is 8.66. The van der Waals surface area contributed by atoms with Gasteiger partial charge in [0.25, 0.3) is 0 Å². The average Bonchev–Trinajstić information content (AvgIpc) is 2.58. The predicted molar refractivity (Wildman–Crippen MR) is 104 cm³/mol. The smallest absolute Gasteiger partial charge is 0.412 e. The van der Waals surface area contributed by atoms with Crippen molar-refractivity contribution < 1.29 is 19.7 Å². The molecule has 2 atom stereocenters. The lowest BCUT2D eigenvalue weighted by atomic mass is 9.91. The second-order valence-corrected chi connectivity index (χ2v) is 7.30. The molecular weight excluding hydrogens is 330 g/mol. The van der Waals surface area contributed by atoms with Crippen LogP contribution in [0.1, 0.15) is 33.6 Å². The Bertz CT molecular complexity index is 772. The van der Waals surface area contributed by atoms with Crippen LogP contribution >= 0.6 is 0 Å². The molecule has 0 aromatic heterocycles. The van der Waals surface area contributed by atoms with Crippen molar-refractivity contribution in [3.63, 3.8) is 0 Å². The van der Waals surface area contributed by atoms with Crippen molar-refractivity contribution in [1.29, 1.82) is 0 Å². The van der Waals surface area contributed by atoms with E-state index in [2.05, 4.69) is 11.9 Å². The van der Waals surface area contributed by atoms with Gasteiger partial charge in [-0.1, -0.05) is 42.5 Å². The van der Waals surface area contributed by atoms with Gasteiger partial charge in [0.05, 0.1) is 16.9 Å². The highest BCUT2D eigenvalue weighted by Gasteiger charge is 2.32. The van der Waals surface area contributed by atoms with Crippen LogP contribution in [-0.2, 0) is 4.74 Å². The summed E-state index contributed by atoms with van der Waals surface area (Å²) in [6, 6.07) is 13.3. The zero-order valence-electron chi connectivity index (χ0n) is 15.5. The minimum Gasteiger partial charge on any atom is -0.443 e. The van der Waals surface area contributed by atoms with Gasteiger partial charge in [-0.05, 0) is 45.1 Å². The number of aliphatic hydroxyl groups is 2. The van der Waals surface area contributed by atoms with E-state index >= 15 is 0 Å². The molecule has 0 bridgehead atoms. The minimum atomic E-state index is -1.24. The van der Waals surface area contributed by atoms with Crippen LogP contribution in [0.3, 0.4) is 0 Å². The molecule has 0 unspecified atom stereocenters. The Labute approximate surface area is 154 Å². The van der Waals surface area contributed by atoms with Gasteiger partial charge in [-0.15, -0.1) is 6.58 Å². The van der Waals surface area contributed by atoms with Gasteiger partial charge in [0.2, 0.25) is 0 Å². The van der Waals surface area contributed by atoms with Gasteiger partial charge >= 0.3 is 6.09 Å². The first-order chi connectivity index (χ1) is 12.1. The summed E-state index contributed by atoms with van der Waals surface area (Å²) in [4.78, 5) is 12.4. The molecule has 0 fully saturated rings. The molecule has 0 saturated heterocycles. The summed E-state index contributed by atoms with van der Waals surface area (Å²) >= 11 is 0. The highest BCUT2D eigenvalue weighted by atomic mass is 16.6. The number of ether oxygens (including phenoxy) is 1. The SMILES string of the molecule is C=C[C@](C)(O)CC[C@H](OC(=O)Nc1cccc2ccccc12)C(C)(C)O. The molecule has 0 aliphatic heterocycles. The summed E-state index contributed by atoms with van der Waals surface area (Å²) in [6.07, 6.45) is 0.624. The molecule has 5 nitrogen and oxygen atoms in total. The number of amides is 1. The summed E-state index contributed by atoms with van der Waals surface area (Å²) in [5.41, 5.74) is -1.69. The number of carbonyl (C=O) groups excluding carboxylic acids is 1. The molecule has 1 amide bonds. The molecule has 0 aliphatic rings. The van der Waals surface area contributed by atoms with Gasteiger partial charge in [-0.2, -0.15) is 0 Å². The molecule has 0 heterocycles. The van der Waals surface area contributed by atoms with Crippen LogP contribution in [0.2, 0.25) is 0 Å². The summed E-state index contributed by atoms with van der Waals surface area (Å²) in [6.45, 7) is 8.36. The lowest BCUT2D eigenvalue weighted by Gasteiger charge is -2.31. The Balaban J connectivity index is 2.10. The summed E-state index contributed by atoms with van der Waals surface area (Å²) in [7, 11) is 0. The third-order valence-corrected chi connectivity index (χ3v) is 4.42. The standard InChI is InChI=1S/C21H27NO4/c1-5-21(4,25)14-13-18(20(2,3)24)26-19(23)22-17-12-8-10-15-9-6-7-11-16(15)17/h5-12,18,24-25H,1,13-14H2,2-4H3,(H,22,23)/t18-,21-/m0/s1. The minimum absolute atomic E-state index is 0.297. The molecule has 140 valence electrons. The van der Waals surface area contributed by atoms with Crippen LogP contribution in [0, 0.1) is 0 Å². The number of anilines is 1. The predicted octanol–water partition coefficient (Wildman–Crippen LogP) is 4.25. The topological polar surface area (TPSA) is 78.8 Å². The van der Waals surface area contributed by atoms with E-state index in [4.69, 9.17) is 4.74 Å². The van der Waals surface area contributed by atoms with E-state index in [1.54, 1.807) is 26.8 Å². The third kappa shape index (κ3) is 5.31. The highest BCUT2D eigenvalue weighted by molar-refractivity contribution is 6.00. The van der Waals surface area contributed by atoms with Gasteiger partial charge < -0.3 is 14.9 Å². The van der Waals surface area contributed by atoms with E-state index in [1.807, 2.05) is 36.4 Å². The first-order valence-electron chi connectivity index (χ1n) is 8.66. The largest absolute Gasteiger partial charge is 0.443 e. The Kier molecular flexibility index (Phi) is 6.05. The molecule has 0 spiro atoms. The van der Waals surface area contributed by atoms with Crippen molar-refractivity contribution in [1.82, 2.24) is 0 Å². The Morgan fingerprint density at radius 1 is 1.19 bits per heavy atom. The molecule has 0 radical (unpaired) electrons. The van der Waals surface area contributed by atoms with Crippen LogP contribution in [0.4, 0.5) is 10.5 Å². The van der Waals surface area contributed by atoms with Crippen LogP contribution in [0.5, 0.6) is 0 Å². The van der Waals surface area contributed by atoms with Crippen molar-refractivity contribution in [2.45, 2.75) is 50.9 Å². The van der Waals surface area contributed by atoms with Crippen molar-refractivity contribution >= 4 is 22.6 Å². The molecule has 0 saturated carbocycles. The summed E-state index contributed by atoms with van der Waals surface area (Å²) < 4.78 is 5.46. The van der Waals surface area contributed by atoms with Gasteiger partial charge in [-0.25, -0.2) is 4.79 Å².